The average molecular weight is 207 g/mol. The van der Waals surface area contributed by atoms with Crippen LogP contribution in [0.15, 0.2) is 18.3 Å². The molecule has 1 aromatic rings. The lowest BCUT2D eigenvalue weighted by Crippen LogP contribution is -2.30. The second kappa shape index (κ2) is 5.71. The second-order valence-electron chi connectivity index (χ2n) is 3.92. The van der Waals surface area contributed by atoms with Crippen molar-refractivity contribution in [1.82, 2.24) is 9.88 Å². The van der Waals surface area contributed by atoms with E-state index in [1.54, 1.807) is 0 Å². The Morgan fingerprint density at radius 3 is 2.73 bits per heavy atom. The molecule has 1 rings (SSSR count). The Morgan fingerprint density at radius 2 is 2.20 bits per heavy atom. The Labute approximate surface area is 92.5 Å². The molecule has 0 saturated carbocycles. The summed E-state index contributed by atoms with van der Waals surface area (Å²) >= 11 is 0. The van der Waals surface area contributed by atoms with Crippen LogP contribution >= 0.6 is 0 Å². The van der Waals surface area contributed by atoms with Gasteiger partial charge < -0.3 is 5.32 Å². The molecule has 0 aliphatic heterocycles. The van der Waals surface area contributed by atoms with Gasteiger partial charge in [0.1, 0.15) is 5.82 Å². The van der Waals surface area contributed by atoms with Crippen molar-refractivity contribution in [3.05, 3.63) is 23.9 Å². The molecule has 1 aromatic heterocycles. The van der Waals surface area contributed by atoms with Gasteiger partial charge in [0.2, 0.25) is 0 Å². The standard InChI is InChI=1S/C12H21N3/c1-5-15(10(2)3)9-11-7-6-8-14-12(11)13-4/h6-8,10H,5,9H2,1-4H3,(H,13,14). The van der Waals surface area contributed by atoms with Gasteiger partial charge in [0.25, 0.3) is 0 Å². The van der Waals surface area contributed by atoms with Gasteiger partial charge >= 0.3 is 0 Å². The van der Waals surface area contributed by atoms with E-state index in [2.05, 4.69) is 42.0 Å². The summed E-state index contributed by atoms with van der Waals surface area (Å²) in [5.41, 5.74) is 1.26. The van der Waals surface area contributed by atoms with E-state index in [1.165, 1.54) is 5.56 Å². The Bertz CT molecular complexity index is 297. The van der Waals surface area contributed by atoms with E-state index in [1.807, 2.05) is 19.3 Å². The summed E-state index contributed by atoms with van der Waals surface area (Å²) in [4.78, 5) is 6.72. The highest BCUT2D eigenvalue weighted by Gasteiger charge is 2.10. The maximum atomic E-state index is 4.31. The highest BCUT2D eigenvalue weighted by molar-refractivity contribution is 5.42. The van der Waals surface area contributed by atoms with E-state index in [4.69, 9.17) is 0 Å². The molecule has 0 unspecified atom stereocenters. The molecule has 0 aliphatic rings. The molecule has 1 heterocycles. The smallest absolute Gasteiger partial charge is 0.130 e. The molecule has 0 aromatic carbocycles. The van der Waals surface area contributed by atoms with Crippen LogP contribution in [-0.2, 0) is 6.54 Å². The lowest BCUT2D eigenvalue weighted by molar-refractivity contribution is 0.225. The van der Waals surface area contributed by atoms with Crippen molar-refractivity contribution >= 4 is 5.82 Å². The minimum Gasteiger partial charge on any atom is -0.373 e. The Hall–Kier alpha value is -1.09. The molecule has 0 radical (unpaired) electrons. The molecule has 0 spiro atoms. The van der Waals surface area contributed by atoms with E-state index in [9.17, 15) is 0 Å². The molecule has 0 atom stereocenters. The number of rotatable bonds is 5. The fourth-order valence-corrected chi connectivity index (χ4v) is 1.67. The summed E-state index contributed by atoms with van der Waals surface area (Å²) in [6.45, 7) is 8.65. The minimum absolute atomic E-state index is 0.569. The third-order valence-corrected chi connectivity index (χ3v) is 2.64. The number of aromatic nitrogens is 1. The highest BCUT2D eigenvalue weighted by Crippen LogP contribution is 2.14. The summed E-state index contributed by atoms with van der Waals surface area (Å²) in [5.74, 6) is 0.983. The monoisotopic (exact) mass is 207 g/mol. The molecular weight excluding hydrogens is 186 g/mol. The molecule has 1 N–H and O–H groups in total. The quantitative estimate of drug-likeness (QED) is 0.803. The Morgan fingerprint density at radius 1 is 1.47 bits per heavy atom. The van der Waals surface area contributed by atoms with Crippen molar-refractivity contribution in [2.75, 3.05) is 18.9 Å². The van der Waals surface area contributed by atoms with Crippen LogP contribution in [0.5, 0.6) is 0 Å². The van der Waals surface area contributed by atoms with E-state index < -0.39 is 0 Å². The summed E-state index contributed by atoms with van der Waals surface area (Å²) in [6.07, 6.45) is 1.82. The first-order valence-electron chi connectivity index (χ1n) is 5.54. The molecule has 15 heavy (non-hydrogen) atoms. The van der Waals surface area contributed by atoms with Crippen molar-refractivity contribution in [3.8, 4) is 0 Å². The van der Waals surface area contributed by atoms with Crippen LogP contribution in [0.4, 0.5) is 5.82 Å². The Kier molecular flexibility index (Phi) is 4.56. The highest BCUT2D eigenvalue weighted by atomic mass is 15.1. The van der Waals surface area contributed by atoms with Crippen LogP contribution in [0.25, 0.3) is 0 Å². The first-order chi connectivity index (χ1) is 7.19. The molecule has 0 amide bonds. The molecular formula is C12H21N3. The number of hydrogen-bond donors (Lipinski definition) is 1. The van der Waals surface area contributed by atoms with Crippen LogP contribution in [0.2, 0.25) is 0 Å². The van der Waals surface area contributed by atoms with Crippen molar-refractivity contribution in [1.29, 1.82) is 0 Å². The van der Waals surface area contributed by atoms with E-state index >= 15 is 0 Å². The lowest BCUT2D eigenvalue weighted by Gasteiger charge is -2.25. The predicted octanol–water partition coefficient (Wildman–Crippen LogP) is 2.35. The Balaban J connectivity index is 2.78. The number of nitrogens with zero attached hydrogens (tertiary/aromatic N) is 2. The number of hydrogen-bond acceptors (Lipinski definition) is 3. The summed E-state index contributed by atoms with van der Waals surface area (Å²) < 4.78 is 0. The zero-order valence-electron chi connectivity index (χ0n) is 10.1. The topological polar surface area (TPSA) is 28.2 Å². The van der Waals surface area contributed by atoms with Crippen molar-refractivity contribution < 1.29 is 0 Å². The predicted molar refractivity (Wildman–Crippen MR) is 65.0 cm³/mol. The van der Waals surface area contributed by atoms with Crippen LogP contribution in [0.3, 0.4) is 0 Å². The van der Waals surface area contributed by atoms with Crippen molar-refractivity contribution in [3.63, 3.8) is 0 Å². The van der Waals surface area contributed by atoms with Gasteiger partial charge in [0.05, 0.1) is 0 Å². The minimum atomic E-state index is 0.569. The number of pyridine rings is 1. The van der Waals surface area contributed by atoms with Crippen molar-refractivity contribution in [2.24, 2.45) is 0 Å². The number of anilines is 1. The molecule has 0 fully saturated rings. The van der Waals surface area contributed by atoms with Gasteiger partial charge in [-0.2, -0.15) is 0 Å². The molecule has 3 heteroatoms. The molecule has 0 saturated heterocycles. The third-order valence-electron chi connectivity index (χ3n) is 2.64. The first-order valence-corrected chi connectivity index (χ1v) is 5.54. The summed E-state index contributed by atoms with van der Waals surface area (Å²) in [5, 5.41) is 3.13. The lowest BCUT2D eigenvalue weighted by atomic mass is 10.2. The van der Waals surface area contributed by atoms with Crippen LogP contribution in [0.1, 0.15) is 26.3 Å². The maximum absolute atomic E-state index is 4.31. The van der Waals surface area contributed by atoms with Gasteiger partial charge in [-0.05, 0) is 26.5 Å². The molecule has 3 nitrogen and oxygen atoms in total. The largest absolute Gasteiger partial charge is 0.373 e. The first kappa shape index (κ1) is 12.0. The molecule has 0 aliphatic carbocycles. The van der Waals surface area contributed by atoms with Crippen LogP contribution in [-0.4, -0.2) is 29.5 Å². The maximum Gasteiger partial charge on any atom is 0.130 e. The second-order valence-corrected chi connectivity index (χ2v) is 3.92. The van der Waals surface area contributed by atoms with Gasteiger partial charge in [0, 0.05) is 31.4 Å². The van der Waals surface area contributed by atoms with Gasteiger partial charge in [-0.15, -0.1) is 0 Å². The summed E-state index contributed by atoms with van der Waals surface area (Å²) in [6, 6.07) is 4.69. The van der Waals surface area contributed by atoms with Gasteiger partial charge in [-0.1, -0.05) is 13.0 Å². The van der Waals surface area contributed by atoms with Gasteiger partial charge in [-0.3, -0.25) is 4.90 Å². The van der Waals surface area contributed by atoms with Crippen LogP contribution in [0, 0.1) is 0 Å². The van der Waals surface area contributed by atoms with E-state index in [-0.39, 0.29) is 0 Å². The third kappa shape index (κ3) is 3.20. The van der Waals surface area contributed by atoms with E-state index in [0.29, 0.717) is 6.04 Å². The SMILES string of the molecule is CCN(Cc1cccnc1NC)C(C)C. The molecule has 84 valence electrons. The molecule has 0 bridgehead atoms. The van der Waals surface area contributed by atoms with Crippen LogP contribution < -0.4 is 5.32 Å². The fourth-order valence-electron chi connectivity index (χ4n) is 1.67. The number of nitrogens with one attached hydrogen (secondary N) is 1. The summed E-state index contributed by atoms with van der Waals surface area (Å²) in [7, 11) is 1.91. The van der Waals surface area contributed by atoms with Gasteiger partial charge in [0.15, 0.2) is 0 Å². The zero-order valence-corrected chi connectivity index (χ0v) is 10.1. The normalized spacial score (nSPS) is 11.1. The average Bonchev–Trinajstić information content (AvgIpc) is 2.25. The zero-order chi connectivity index (χ0) is 11.3. The fraction of sp³-hybridized carbons (Fsp3) is 0.583. The van der Waals surface area contributed by atoms with E-state index in [0.717, 1.165) is 18.9 Å². The van der Waals surface area contributed by atoms with Crippen molar-refractivity contribution in [2.45, 2.75) is 33.4 Å². The van der Waals surface area contributed by atoms with Gasteiger partial charge in [-0.25, -0.2) is 4.98 Å².